The number of ketones is 1. The number of hydrazone groups is 1. The number of halogens is 1. The van der Waals surface area contributed by atoms with Crippen LogP contribution in [0.4, 0.5) is 0 Å². The maximum absolute atomic E-state index is 13.5. The van der Waals surface area contributed by atoms with Gasteiger partial charge in [0.05, 0.1) is 12.5 Å². The second kappa shape index (κ2) is 6.93. The van der Waals surface area contributed by atoms with Crippen molar-refractivity contribution in [1.82, 2.24) is 5.43 Å². The van der Waals surface area contributed by atoms with Crippen molar-refractivity contribution in [3.05, 3.63) is 69.7 Å². The summed E-state index contributed by atoms with van der Waals surface area (Å²) in [4.78, 5) is 26.1. The first-order chi connectivity index (χ1) is 13.1. The smallest absolute Gasteiger partial charge is 0.355 e. The van der Waals surface area contributed by atoms with E-state index in [4.69, 9.17) is 4.74 Å². The molecule has 1 heterocycles. The van der Waals surface area contributed by atoms with Crippen molar-refractivity contribution in [3.8, 4) is 0 Å². The van der Waals surface area contributed by atoms with Crippen LogP contribution < -0.4 is 5.43 Å². The van der Waals surface area contributed by atoms with E-state index in [2.05, 4.69) is 26.5 Å². The number of carbonyl (C=O) groups is 2. The lowest BCUT2D eigenvalue weighted by Gasteiger charge is -2.37. The van der Waals surface area contributed by atoms with Gasteiger partial charge in [0.2, 0.25) is 0 Å². The van der Waals surface area contributed by atoms with E-state index in [0.29, 0.717) is 12.0 Å². The van der Waals surface area contributed by atoms with Crippen LogP contribution in [-0.2, 0) is 16.0 Å². The molecule has 2 aromatic rings. The molecule has 1 aliphatic carbocycles. The summed E-state index contributed by atoms with van der Waals surface area (Å²) in [6.07, 6.45) is 1.31. The fourth-order valence-corrected chi connectivity index (χ4v) is 4.28. The molecule has 0 fully saturated rings. The van der Waals surface area contributed by atoms with Crippen LogP contribution in [0.2, 0.25) is 0 Å². The lowest BCUT2D eigenvalue weighted by atomic mass is 9.67. The van der Waals surface area contributed by atoms with Crippen molar-refractivity contribution in [2.75, 3.05) is 6.61 Å². The van der Waals surface area contributed by atoms with Gasteiger partial charge < -0.3 is 4.74 Å². The number of nitrogens with zero attached hydrogens (tertiary/aromatic N) is 1. The second-order valence-corrected chi connectivity index (χ2v) is 7.69. The predicted molar refractivity (Wildman–Crippen MR) is 106 cm³/mol. The Hall–Kier alpha value is -2.47. The molecule has 0 amide bonds. The summed E-state index contributed by atoms with van der Waals surface area (Å²) in [5, 5.41) is 4.29. The van der Waals surface area contributed by atoms with Crippen LogP contribution >= 0.6 is 15.9 Å². The highest BCUT2D eigenvalue weighted by atomic mass is 79.9. The van der Waals surface area contributed by atoms with Crippen molar-refractivity contribution >= 4 is 33.4 Å². The van der Waals surface area contributed by atoms with Crippen LogP contribution in [0, 0.1) is 0 Å². The summed E-state index contributed by atoms with van der Waals surface area (Å²) in [5.41, 5.74) is 4.92. The van der Waals surface area contributed by atoms with Crippen molar-refractivity contribution in [2.24, 2.45) is 5.10 Å². The lowest BCUT2D eigenvalue weighted by molar-refractivity contribution is -0.135. The van der Waals surface area contributed by atoms with E-state index in [1.165, 1.54) is 0 Å². The molecule has 0 bridgehead atoms. The monoisotopic (exact) mass is 426 g/mol. The van der Waals surface area contributed by atoms with Gasteiger partial charge in [-0.05, 0) is 43.0 Å². The highest BCUT2D eigenvalue weighted by Crippen LogP contribution is 2.43. The lowest BCUT2D eigenvalue weighted by Crippen LogP contribution is -2.55. The molecule has 2 aliphatic rings. The molecule has 1 aliphatic heterocycles. The quantitative estimate of drug-likeness (QED) is 0.760. The van der Waals surface area contributed by atoms with Gasteiger partial charge in [-0.25, -0.2) is 4.79 Å². The van der Waals surface area contributed by atoms with Crippen LogP contribution in [0.3, 0.4) is 0 Å². The van der Waals surface area contributed by atoms with E-state index in [-0.39, 0.29) is 18.1 Å². The summed E-state index contributed by atoms with van der Waals surface area (Å²) < 4.78 is 6.14. The van der Waals surface area contributed by atoms with E-state index in [1.807, 2.05) is 48.5 Å². The summed E-state index contributed by atoms with van der Waals surface area (Å²) >= 11 is 3.44. The Kier molecular flexibility index (Phi) is 4.60. The Morgan fingerprint density at radius 1 is 1.26 bits per heavy atom. The molecule has 1 spiro atoms. The molecule has 6 heteroatoms. The van der Waals surface area contributed by atoms with E-state index < -0.39 is 17.4 Å². The summed E-state index contributed by atoms with van der Waals surface area (Å²) in [7, 11) is 0. The summed E-state index contributed by atoms with van der Waals surface area (Å²) in [5.74, 6) is -1.01. The van der Waals surface area contributed by atoms with Gasteiger partial charge in [-0.1, -0.05) is 52.3 Å². The number of hydrogen-bond donors (Lipinski definition) is 1. The molecule has 5 nitrogen and oxygen atoms in total. The third-order valence-electron chi connectivity index (χ3n) is 5.29. The van der Waals surface area contributed by atoms with Gasteiger partial charge in [0.25, 0.3) is 0 Å². The first-order valence-electron chi connectivity index (χ1n) is 8.97. The molecule has 1 N–H and O–H groups in total. The number of ether oxygens (including phenoxy) is 1. The number of nitrogens with one attached hydrogen (secondary N) is 1. The standard InChI is InChI=1S/C21H19BrN2O3/c1-2-27-20(26)18-17(14-7-9-15(22)10-8-14)21(24-23-18)12-11-13-5-3-4-6-16(13)19(21)25/h3-10,17,24H,2,11-12H2,1H3/t17-,21+/m1/s1. The van der Waals surface area contributed by atoms with E-state index in [9.17, 15) is 9.59 Å². The molecule has 4 rings (SSSR count). The Bertz CT molecular complexity index is 939. The zero-order chi connectivity index (χ0) is 19.0. The minimum Gasteiger partial charge on any atom is -0.461 e. The normalized spacial score (nSPS) is 23.6. The first kappa shape index (κ1) is 17.9. The number of rotatable bonds is 3. The maximum atomic E-state index is 13.5. The molecule has 0 radical (unpaired) electrons. The number of carbonyl (C=O) groups excluding carboxylic acids is 2. The molecular weight excluding hydrogens is 408 g/mol. The molecular formula is C21H19BrN2O3. The van der Waals surface area contributed by atoms with Crippen LogP contribution in [0.5, 0.6) is 0 Å². The number of benzene rings is 2. The first-order valence-corrected chi connectivity index (χ1v) is 9.76. The number of Topliss-reactive ketones (excluding diaryl/α,β-unsaturated/α-hetero) is 1. The van der Waals surface area contributed by atoms with E-state index in [1.54, 1.807) is 6.92 Å². The van der Waals surface area contributed by atoms with Crippen LogP contribution in [0.25, 0.3) is 0 Å². The third kappa shape index (κ3) is 2.88. The van der Waals surface area contributed by atoms with E-state index >= 15 is 0 Å². The fourth-order valence-electron chi connectivity index (χ4n) is 4.02. The average molecular weight is 427 g/mol. The van der Waals surface area contributed by atoms with Gasteiger partial charge in [0.1, 0.15) is 5.54 Å². The number of esters is 1. The molecule has 2 atom stereocenters. The average Bonchev–Trinajstić information content (AvgIpc) is 3.06. The Morgan fingerprint density at radius 3 is 2.74 bits per heavy atom. The number of fused-ring (bicyclic) bond motifs is 1. The van der Waals surface area contributed by atoms with Gasteiger partial charge >= 0.3 is 5.97 Å². The van der Waals surface area contributed by atoms with Gasteiger partial charge in [-0.3, -0.25) is 10.2 Å². The van der Waals surface area contributed by atoms with Crippen LogP contribution in [0.15, 0.2) is 58.1 Å². The van der Waals surface area contributed by atoms with Crippen molar-refractivity contribution in [1.29, 1.82) is 0 Å². The maximum Gasteiger partial charge on any atom is 0.355 e. The second-order valence-electron chi connectivity index (χ2n) is 6.77. The molecule has 0 saturated carbocycles. The molecule has 27 heavy (non-hydrogen) atoms. The number of aryl methyl sites for hydroxylation is 1. The highest BCUT2D eigenvalue weighted by molar-refractivity contribution is 9.10. The fraction of sp³-hybridized carbons (Fsp3) is 0.286. The number of hydrogen-bond acceptors (Lipinski definition) is 5. The zero-order valence-electron chi connectivity index (χ0n) is 14.9. The van der Waals surface area contributed by atoms with Gasteiger partial charge in [-0.2, -0.15) is 5.10 Å². The molecule has 2 aromatic carbocycles. The third-order valence-corrected chi connectivity index (χ3v) is 5.81. The zero-order valence-corrected chi connectivity index (χ0v) is 16.5. The molecule has 138 valence electrons. The molecule has 0 unspecified atom stereocenters. The van der Waals surface area contributed by atoms with Crippen LogP contribution in [-0.4, -0.2) is 29.6 Å². The highest BCUT2D eigenvalue weighted by Gasteiger charge is 2.56. The van der Waals surface area contributed by atoms with Gasteiger partial charge in [0, 0.05) is 10.0 Å². The van der Waals surface area contributed by atoms with Gasteiger partial charge in [-0.15, -0.1) is 0 Å². The Balaban J connectivity index is 1.82. The topological polar surface area (TPSA) is 67.8 Å². The Labute approximate surface area is 165 Å². The summed E-state index contributed by atoms with van der Waals surface area (Å²) in [6.45, 7) is 2.02. The Morgan fingerprint density at radius 2 is 2.00 bits per heavy atom. The minimum atomic E-state index is -0.968. The minimum absolute atomic E-state index is 0.0275. The van der Waals surface area contributed by atoms with Crippen molar-refractivity contribution < 1.29 is 14.3 Å². The largest absolute Gasteiger partial charge is 0.461 e. The summed E-state index contributed by atoms with van der Waals surface area (Å²) in [6, 6.07) is 15.3. The van der Waals surface area contributed by atoms with E-state index in [0.717, 1.165) is 22.0 Å². The SMILES string of the molecule is CCOC(=O)C1=NN[C@@]2(CCc3ccccc3C2=O)[C@@H]1c1ccc(Br)cc1. The predicted octanol–water partition coefficient (Wildman–Crippen LogP) is 3.62. The van der Waals surface area contributed by atoms with Crippen molar-refractivity contribution in [3.63, 3.8) is 0 Å². The molecule has 0 saturated heterocycles. The van der Waals surface area contributed by atoms with Crippen molar-refractivity contribution in [2.45, 2.75) is 31.2 Å². The van der Waals surface area contributed by atoms with Gasteiger partial charge in [0.15, 0.2) is 11.5 Å². The molecule has 0 aromatic heterocycles. The van der Waals surface area contributed by atoms with Crippen LogP contribution in [0.1, 0.15) is 40.7 Å².